The van der Waals surface area contributed by atoms with E-state index in [9.17, 15) is 18.8 Å². The Kier molecular flexibility index (Phi) is 7.28. The Morgan fingerprint density at radius 1 is 1.50 bits per heavy atom. The van der Waals surface area contributed by atoms with Crippen LogP contribution in [0.25, 0.3) is 0 Å². The lowest BCUT2D eigenvalue weighted by Gasteiger charge is -2.11. The number of nitrogens with zero attached hydrogens (tertiary/aromatic N) is 3. The number of hydrogen-bond donors (Lipinski definition) is 2. The molecule has 1 heterocycles. The molecule has 1 aromatic heterocycles. The molecule has 0 spiro atoms. The molecule has 2 amide bonds. The molecule has 10 heteroatoms. The normalized spacial score (nSPS) is 10.9. The van der Waals surface area contributed by atoms with E-state index in [1.807, 2.05) is 6.07 Å². The molecule has 0 bridgehead atoms. The van der Waals surface area contributed by atoms with Crippen molar-refractivity contribution in [2.45, 2.75) is 24.1 Å². The third-order valence-corrected chi connectivity index (χ3v) is 4.62. The summed E-state index contributed by atoms with van der Waals surface area (Å²) < 4.78 is 31.4. The van der Waals surface area contributed by atoms with E-state index in [1.165, 1.54) is 19.4 Å². The first-order valence-corrected chi connectivity index (χ1v) is 8.92. The van der Waals surface area contributed by atoms with Crippen LogP contribution in [0.15, 0.2) is 34.4 Å². The minimum absolute atomic E-state index is 0.231. The number of ether oxygens (including phenoxy) is 1. The molecule has 0 saturated carbocycles. The Morgan fingerprint density at radius 3 is 2.86 bits per heavy atom. The molecule has 0 radical (unpaired) electrons. The smallest absolute Gasteiger partial charge is 0.332 e. The number of nitriles is 1. The molecule has 2 aromatic rings. The maximum Gasteiger partial charge on any atom is 0.332 e. The number of nitrogens with one attached hydrogen (secondary N) is 1. The van der Waals surface area contributed by atoms with Gasteiger partial charge in [-0.25, -0.2) is 24.0 Å². The van der Waals surface area contributed by atoms with Crippen molar-refractivity contribution in [1.82, 2.24) is 10.4 Å². The zero-order chi connectivity index (χ0) is 20.7. The lowest BCUT2D eigenvalue weighted by molar-refractivity contribution is 0.145. The number of thioether (sulfide) groups is 1. The number of nitrogens with two attached hydrogens (primary N) is 1. The SMILES string of the molecule is COc1ccc(C=NNC(N)=O)cc1CSc1nc(C(F)F)cc(C)c1C#N. The van der Waals surface area contributed by atoms with Gasteiger partial charge in [-0.1, -0.05) is 0 Å². The molecule has 28 heavy (non-hydrogen) atoms. The Hall–Kier alpha value is -3.19. The van der Waals surface area contributed by atoms with Crippen molar-refractivity contribution in [3.05, 3.63) is 52.2 Å². The third-order valence-electron chi connectivity index (χ3n) is 3.60. The van der Waals surface area contributed by atoms with Crippen molar-refractivity contribution in [2.24, 2.45) is 10.8 Å². The number of primary amides is 1. The summed E-state index contributed by atoms with van der Waals surface area (Å²) in [7, 11) is 1.51. The van der Waals surface area contributed by atoms with E-state index in [-0.39, 0.29) is 16.3 Å². The molecule has 0 aliphatic carbocycles. The lowest BCUT2D eigenvalue weighted by Crippen LogP contribution is -2.24. The van der Waals surface area contributed by atoms with E-state index >= 15 is 0 Å². The van der Waals surface area contributed by atoms with Crippen LogP contribution in [-0.4, -0.2) is 24.3 Å². The van der Waals surface area contributed by atoms with Gasteiger partial charge in [0.05, 0.1) is 18.9 Å². The summed E-state index contributed by atoms with van der Waals surface area (Å²) in [5.74, 6) is 0.898. The highest BCUT2D eigenvalue weighted by Gasteiger charge is 2.17. The van der Waals surface area contributed by atoms with Gasteiger partial charge in [-0.15, -0.1) is 11.8 Å². The second-order valence-electron chi connectivity index (χ2n) is 5.55. The van der Waals surface area contributed by atoms with Gasteiger partial charge in [0.1, 0.15) is 22.5 Å². The number of halogens is 2. The summed E-state index contributed by atoms with van der Waals surface area (Å²) in [5.41, 5.74) is 8.77. The van der Waals surface area contributed by atoms with E-state index in [4.69, 9.17) is 10.5 Å². The predicted octanol–water partition coefficient (Wildman–Crippen LogP) is 3.50. The highest BCUT2D eigenvalue weighted by Crippen LogP contribution is 2.32. The molecule has 0 saturated heterocycles. The fraction of sp³-hybridized carbons (Fsp3) is 0.222. The van der Waals surface area contributed by atoms with Crippen LogP contribution in [0.3, 0.4) is 0 Å². The number of amides is 2. The van der Waals surface area contributed by atoms with Crippen molar-refractivity contribution < 1.29 is 18.3 Å². The first-order chi connectivity index (χ1) is 13.3. The van der Waals surface area contributed by atoms with Crippen LogP contribution in [0.1, 0.15) is 34.4 Å². The number of alkyl halides is 2. The van der Waals surface area contributed by atoms with Crippen molar-refractivity contribution >= 4 is 24.0 Å². The van der Waals surface area contributed by atoms with E-state index in [2.05, 4.69) is 15.5 Å². The number of hydrogen-bond acceptors (Lipinski definition) is 6. The van der Waals surface area contributed by atoms with Crippen molar-refractivity contribution in [1.29, 1.82) is 5.26 Å². The van der Waals surface area contributed by atoms with Crippen LogP contribution in [0.2, 0.25) is 0 Å². The van der Waals surface area contributed by atoms with Gasteiger partial charge < -0.3 is 10.5 Å². The molecule has 1 aromatic carbocycles. The van der Waals surface area contributed by atoms with Crippen LogP contribution in [0.5, 0.6) is 5.75 Å². The van der Waals surface area contributed by atoms with Gasteiger partial charge in [-0.05, 0) is 42.3 Å². The third kappa shape index (κ3) is 5.40. The van der Waals surface area contributed by atoms with Crippen LogP contribution in [0.4, 0.5) is 13.6 Å². The monoisotopic (exact) mass is 405 g/mol. The van der Waals surface area contributed by atoms with Gasteiger partial charge in [-0.3, -0.25) is 0 Å². The van der Waals surface area contributed by atoms with Crippen LogP contribution < -0.4 is 15.9 Å². The number of hydrazone groups is 1. The molecule has 0 fully saturated rings. The number of aryl methyl sites for hydroxylation is 1. The Labute approximate surface area is 164 Å². The number of aromatic nitrogens is 1. The molecule has 0 unspecified atom stereocenters. The quantitative estimate of drug-likeness (QED) is 0.416. The minimum atomic E-state index is -2.72. The van der Waals surface area contributed by atoms with E-state index in [1.54, 1.807) is 25.1 Å². The summed E-state index contributed by atoms with van der Waals surface area (Å²) in [6.07, 6.45) is -1.32. The number of methoxy groups -OCH3 is 1. The second kappa shape index (κ2) is 9.66. The zero-order valence-corrected chi connectivity index (χ0v) is 15.9. The zero-order valence-electron chi connectivity index (χ0n) is 15.1. The highest BCUT2D eigenvalue weighted by molar-refractivity contribution is 7.98. The van der Waals surface area contributed by atoms with Gasteiger partial charge in [-0.2, -0.15) is 10.4 Å². The van der Waals surface area contributed by atoms with E-state index in [0.29, 0.717) is 22.6 Å². The first-order valence-electron chi connectivity index (χ1n) is 7.93. The summed E-state index contributed by atoms with van der Waals surface area (Å²) in [6, 6.07) is 7.63. The number of benzene rings is 1. The van der Waals surface area contributed by atoms with Crippen molar-refractivity contribution in [3.8, 4) is 11.8 Å². The first kappa shape index (κ1) is 21.1. The Balaban J connectivity index is 2.29. The number of pyridine rings is 1. The molecule has 146 valence electrons. The summed E-state index contributed by atoms with van der Waals surface area (Å²) in [6.45, 7) is 1.60. The number of rotatable bonds is 7. The molecule has 0 aliphatic rings. The average Bonchev–Trinajstić information content (AvgIpc) is 2.65. The average molecular weight is 405 g/mol. The number of carbonyl (C=O) groups excluding carboxylic acids is 1. The van der Waals surface area contributed by atoms with Gasteiger partial charge in [0.2, 0.25) is 0 Å². The molecule has 3 N–H and O–H groups in total. The summed E-state index contributed by atoms with van der Waals surface area (Å²) >= 11 is 1.16. The van der Waals surface area contributed by atoms with Crippen molar-refractivity contribution in [2.75, 3.05) is 7.11 Å². The molecule has 0 aliphatic heterocycles. The van der Waals surface area contributed by atoms with Gasteiger partial charge >= 0.3 is 6.03 Å². The topological polar surface area (TPSA) is 113 Å². The maximum atomic E-state index is 13.0. The maximum absolute atomic E-state index is 13.0. The summed E-state index contributed by atoms with van der Waals surface area (Å²) in [5, 5.41) is 13.3. The molecule has 0 atom stereocenters. The number of carbonyl (C=O) groups is 1. The Bertz CT molecular complexity index is 944. The van der Waals surface area contributed by atoms with Crippen LogP contribution >= 0.6 is 11.8 Å². The Morgan fingerprint density at radius 2 is 2.25 bits per heavy atom. The van der Waals surface area contributed by atoms with E-state index in [0.717, 1.165) is 17.3 Å². The minimum Gasteiger partial charge on any atom is -0.496 e. The molecule has 7 nitrogen and oxygen atoms in total. The van der Waals surface area contributed by atoms with Crippen molar-refractivity contribution in [3.63, 3.8) is 0 Å². The standard InChI is InChI=1S/C18H17F2N5O2S/c1-10-5-14(16(19)20)24-17(13(10)7-21)28-9-12-6-11(3-4-15(12)27-2)8-23-25-18(22)26/h3-6,8,16H,9H2,1-2H3,(H3,22,25,26). The van der Waals surface area contributed by atoms with Gasteiger partial charge in [0, 0.05) is 11.3 Å². The lowest BCUT2D eigenvalue weighted by atomic mass is 10.1. The largest absolute Gasteiger partial charge is 0.496 e. The molecular weight excluding hydrogens is 388 g/mol. The van der Waals surface area contributed by atoms with Gasteiger partial charge in [0.15, 0.2) is 0 Å². The molecule has 2 rings (SSSR count). The van der Waals surface area contributed by atoms with E-state index < -0.39 is 12.5 Å². The summed E-state index contributed by atoms with van der Waals surface area (Å²) in [4.78, 5) is 14.6. The van der Waals surface area contributed by atoms with Crippen LogP contribution in [-0.2, 0) is 5.75 Å². The predicted molar refractivity (Wildman–Crippen MR) is 102 cm³/mol. The molecular formula is C18H17F2N5O2S. The van der Waals surface area contributed by atoms with Crippen LogP contribution in [0, 0.1) is 18.3 Å². The fourth-order valence-electron chi connectivity index (χ4n) is 2.33. The number of urea groups is 1. The highest BCUT2D eigenvalue weighted by atomic mass is 32.2. The fourth-order valence-corrected chi connectivity index (χ4v) is 3.37. The second-order valence-corrected chi connectivity index (χ2v) is 6.51. The van der Waals surface area contributed by atoms with Gasteiger partial charge in [0.25, 0.3) is 6.43 Å².